The second kappa shape index (κ2) is 4.33. The molecule has 1 aromatic rings. The third-order valence-electron chi connectivity index (χ3n) is 1.77. The molecule has 15 heavy (non-hydrogen) atoms. The van der Waals surface area contributed by atoms with Crippen molar-refractivity contribution in [2.24, 2.45) is 0 Å². The van der Waals surface area contributed by atoms with Crippen LogP contribution in [0.2, 0.25) is 0 Å². The van der Waals surface area contributed by atoms with Gasteiger partial charge in [-0.05, 0) is 17.7 Å². The van der Waals surface area contributed by atoms with Crippen LogP contribution in [0, 0.1) is 17.1 Å². The van der Waals surface area contributed by atoms with Gasteiger partial charge in [0.05, 0.1) is 11.6 Å². The second-order valence-electron chi connectivity index (χ2n) is 2.82. The van der Waals surface area contributed by atoms with Crippen molar-refractivity contribution in [2.75, 3.05) is 0 Å². The summed E-state index contributed by atoms with van der Waals surface area (Å²) in [7, 11) is 0. The summed E-state index contributed by atoms with van der Waals surface area (Å²) in [5, 5.41) is 16.8. The molecule has 0 aromatic heterocycles. The van der Waals surface area contributed by atoms with Crippen molar-refractivity contribution in [3.05, 3.63) is 35.1 Å². The molecule has 0 radical (unpaired) electrons. The predicted molar refractivity (Wildman–Crippen MR) is 47.5 cm³/mol. The molecule has 0 saturated heterocycles. The number of carboxylic acid groups (broad SMARTS) is 1. The van der Waals surface area contributed by atoms with Crippen molar-refractivity contribution in [1.82, 2.24) is 0 Å². The Labute approximate surface area is 84.6 Å². The highest BCUT2D eigenvalue weighted by molar-refractivity contribution is 6.33. The average molecular weight is 207 g/mol. The number of halogens is 1. The molecular weight excluding hydrogens is 201 g/mol. The third-order valence-corrected chi connectivity index (χ3v) is 1.77. The number of carbonyl (C=O) groups excluding carboxylic acids is 1. The zero-order valence-corrected chi connectivity index (χ0v) is 7.53. The zero-order valence-electron chi connectivity index (χ0n) is 7.53. The maximum absolute atomic E-state index is 13.2. The number of hydrogen-bond acceptors (Lipinski definition) is 3. The molecule has 76 valence electrons. The minimum Gasteiger partial charge on any atom is -0.475 e. The van der Waals surface area contributed by atoms with Gasteiger partial charge in [0, 0.05) is 6.42 Å². The fraction of sp³-hybridized carbons (Fsp3) is 0.100. The van der Waals surface area contributed by atoms with Crippen LogP contribution in [-0.4, -0.2) is 16.9 Å². The Morgan fingerprint density at radius 3 is 2.60 bits per heavy atom. The molecule has 0 heterocycles. The number of ketones is 1. The molecule has 0 unspecified atom stereocenters. The topological polar surface area (TPSA) is 78.2 Å². The molecule has 0 atom stereocenters. The maximum Gasteiger partial charge on any atom is 0.372 e. The Morgan fingerprint density at radius 1 is 1.47 bits per heavy atom. The number of Topliss-reactive ketones (excluding diaryl/α,β-unsaturated/α-hetero) is 1. The molecule has 0 aliphatic rings. The molecule has 0 bridgehead atoms. The summed E-state index contributed by atoms with van der Waals surface area (Å²) < 4.78 is 13.2. The maximum atomic E-state index is 13.2. The summed E-state index contributed by atoms with van der Waals surface area (Å²) in [4.78, 5) is 21.0. The Bertz CT molecular complexity index is 462. The fourth-order valence-electron chi connectivity index (χ4n) is 1.01. The van der Waals surface area contributed by atoms with E-state index >= 15 is 0 Å². The predicted octanol–water partition coefficient (Wildman–Crippen LogP) is 0.894. The molecule has 0 amide bonds. The smallest absolute Gasteiger partial charge is 0.372 e. The number of benzene rings is 1. The van der Waals surface area contributed by atoms with E-state index in [1.165, 1.54) is 12.1 Å². The standard InChI is InChI=1S/C10H6FNO3/c11-8-3-6(5-12)1-2-7(8)4-9(13)10(14)15/h1-3H,4H2,(H,14,15). The first kappa shape index (κ1) is 10.9. The van der Waals surface area contributed by atoms with E-state index in [4.69, 9.17) is 10.4 Å². The highest BCUT2D eigenvalue weighted by Crippen LogP contribution is 2.10. The summed E-state index contributed by atoms with van der Waals surface area (Å²) in [5.74, 6) is -3.43. The van der Waals surface area contributed by atoms with Gasteiger partial charge in [0.15, 0.2) is 0 Å². The van der Waals surface area contributed by atoms with E-state index in [0.717, 1.165) is 6.07 Å². The van der Waals surface area contributed by atoms with E-state index in [-0.39, 0.29) is 11.1 Å². The van der Waals surface area contributed by atoms with E-state index in [9.17, 15) is 14.0 Å². The van der Waals surface area contributed by atoms with E-state index in [0.29, 0.717) is 0 Å². The van der Waals surface area contributed by atoms with E-state index < -0.39 is 24.0 Å². The van der Waals surface area contributed by atoms with E-state index in [1.54, 1.807) is 6.07 Å². The summed E-state index contributed by atoms with van der Waals surface area (Å²) >= 11 is 0. The van der Waals surface area contributed by atoms with Gasteiger partial charge in [-0.2, -0.15) is 5.26 Å². The van der Waals surface area contributed by atoms with Crippen molar-refractivity contribution in [1.29, 1.82) is 5.26 Å². The van der Waals surface area contributed by atoms with Gasteiger partial charge >= 0.3 is 5.97 Å². The molecule has 0 spiro atoms. The molecule has 5 heteroatoms. The lowest BCUT2D eigenvalue weighted by molar-refractivity contribution is -0.148. The number of nitriles is 1. The first-order valence-corrected chi connectivity index (χ1v) is 3.99. The average Bonchev–Trinajstić information content (AvgIpc) is 2.20. The molecule has 1 rings (SSSR count). The Morgan fingerprint density at radius 2 is 2.13 bits per heavy atom. The number of nitrogens with zero attached hydrogens (tertiary/aromatic N) is 1. The van der Waals surface area contributed by atoms with Gasteiger partial charge < -0.3 is 5.11 Å². The molecule has 0 fully saturated rings. The van der Waals surface area contributed by atoms with Crippen LogP contribution >= 0.6 is 0 Å². The van der Waals surface area contributed by atoms with Crippen LogP contribution in [0.1, 0.15) is 11.1 Å². The number of aliphatic carboxylic acids is 1. The van der Waals surface area contributed by atoms with E-state index in [2.05, 4.69) is 0 Å². The molecule has 4 nitrogen and oxygen atoms in total. The first-order chi connectivity index (χ1) is 7.04. The normalized spacial score (nSPS) is 9.33. The summed E-state index contributed by atoms with van der Waals surface area (Å²) in [6.07, 6.45) is -0.507. The number of carboxylic acids is 1. The van der Waals surface area contributed by atoms with Crippen molar-refractivity contribution in [3.8, 4) is 6.07 Å². The minimum atomic E-state index is -1.60. The minimum absolute atomic E-state index is 0.0265. The van der Waals surface area contributed by atoms with Gasteiger partial charge in [0.25, 0.3) is 0 Å². The lowest BCUT2D eigenvalue weighted by Gasteiger charge is -2.00. The van der Waals surface area contributed by atoms with E-state index in [1.807, 2.05) is 0 Å². The van der Waals surface area contributed by atoms with Gasteiger partial charge in [-0.15, -0.1) is 0 Å². The molecule has 1 aromatic carbocycles. The summed E-state index contributed by atoms with van der Waals surface area (Å²) in [5.41, 5.74) is 0.0976. The molecule has 0 aliphatic carbocycles. The second-order valence-corrected chi connectivity index (χ2v) is 2.82. The Balaban J connectivity index is 2.93. The van der Waals surface area contributed by atoms with Crippen LogP contribution in [-0.2, 0) is 16.0 Å². The SMILES string of the molecule is N#Cc1ccc(CC(=O)C(=O)O)c(F)c1. The lowest BCUT2D eigenvalue weighted by atomic mass is 10.1. The molecule has 1 N–H and O–H groups in total. The number of rotatable bonds is 3. The van der Waals surface area contributed by atoms with Crippen molar-refractivity contribution in [3.63, 3.8) is 0 Å². The van der Waals surface area contributed by atoms with Crippen LogP contribution in [0.25, 0.3) is 0 Å². The summed E-state index contributed by atoms with van der Waals surface area (Å²) in [6, 6.07) is 5.25. The highest BCUT2D eigenvalue weighted by atomic mass is 19.1. The van der Waals surface area contributed by atoms with Crippen LogP contribution < -0.4 is 0 Å². The van der Waals surface area contributed by atoms with Gasteiger partial charge in [0.2, 0.25) is 5.78 Å². The monoisotopic (exact) mass is 207 g/mol. The van der Waals surface area contributed by atoms with Crippen molar-refractivity contribution >= 4 is 11.8 Å². The molecular formula is C10H6FNO3. The highest BCUT2D eigenvalue weighted by Gasteiger charge is 2.14. The number of carbonyl (C=O) groups is 2. The van der Waals surface area contributed by atoms with Gasteiger partial charge in [-0.1, -0.05) is 6.07 Å². The van der Waals surface area contributed by atoms with Gasteiger partial charge in [0.1, 0.15) is 5.82 Å². The molecule has 0 aliphatic heterocycles. The largest absolute Gasteiger partial charge is 0.475 e. The number of hydrogen-bond donors (Lipinski definition) is 1. The van der Waals surface area contributed by atoms with Crippen LogP contribution in [0.3, 0.4) is 0 Å². The first-order valence-electron chi connectivity index (χ1n) is 3.99. The third kappa shape index (κ3) is 2.61. The Hall–Kier alpha value is -2.22. The van der Waals surface area contributed by atoms with Crippen LogP contribution in [0.5, 0.6) is 0 Å². The molecule has 0 saturated carbocycles. The fourth-order valence-corrected chi connectivity index (χ4v) is 1.01. The van der Waals surface area contributed by atoms with Crippen LogP contribution in [0.15, 0.2) is 18.2 Å². The quantitative estimate of drug-likeness (QED) is 0.746. The zero-order chi connectivity index (χ0) is 11.4. The van der Waals surface area contributed by atoms with Crippen molar-refractivity contribution < 1.29 is 19.1 Å². The van der Waals surface area contributed by atoms with Gasteiger partial charge in [-0.3, -0.25) is 4.79 Å². The summed E-state index contributed by atoms with van der Waals surface area (Å²) in [6.45, 7) is 0. The van der Waals surface area contributed by atoms with Crippen molar-refractivity contribution in [2.45, 2.75) is 6.42 Å². The van der Waals surface area contributed by atoms with Crippen LogP contribution in [0.4, 0.5) is 4.39 Å². The Kier molecular flexibility index (Phi) is 3.13. The van der Waals surface area contributed by atoms with Gasteiger partial charge in [-0.25, -0.2) is 9.18 Å². The lowest BCUT2D eigenvalue weighted by Crippen LogP contribution is -2.15.